The standard InChI is InChI=1S/C24H20F5N3O3/c1-14(2)34-7-8-35-20-5-4-16(23-30-13-21(32-23)24(27,28)29)11-19(20)31-22(33)6-3-15-9-17(25)12-18(26)10-15/h4-5,9-14H,7-8H2,1-2H3,(H,30,32)(H,31,33). The summed E-state index contributed by atoms with van der Waals surface area (Å²) in [5.74, 6) is 2.14. The molecule has 0 aliphatic heterocycles. The highest BCUT2D eigenvalue weighted by molar-refractivity contribution is 6.05. The number of benzene rings is 2. The Bertz CT molecular complexity index is 1240. The van der Waals surface area contributed by atoms with E-state index in [1.807, 2.05) is 13.8 Å². The zero-order valence-electron chi connectivity index (χ0n) is 18.6. The van der Waals surface area contributed by atoms with Crippen molar-refractivity contribution in [1.82, 2.24) is 9.97 Å². The number of alkyl halides is 3. The molecule has 0 unspecified atom stereocenters. The van der Waals surface area contributed by atoms with Crippen molar-refractivity contribution in [3.63, 3.8) is 0 Å². The van der Waals surface area contributed by atoms with E-state index in [2.05, 4.69) is 27.1 Å². The number of halogens is 5. The lowest BCUT2D eigenvalue weighted by molar-refractivity contribution is -0.140. The molecule has 0 spiro atoms. The molecule has 6 nitrogen and oxygen atoms in total. The van der Waals surface area contributed by atoms with Crippen LogP contribution in [0.5, 0.6) is 5.75 Å². The fraction of sp³-hybridized carbons (Fsp3) is 0.250. The summed E-state index contributed by atoms with van der Waals surface area (Å²) >= 11 is 0. The predicted octanol–water partition coefficient (Wildman–Crippen LogP) is 5.17. The third-order valence-electron chi connectivity index (χ3n) is 4.36. The lowest BCUT2D eigenvalue weighted by Gasteiger charge is -2.14. The number of nitrogens with zero attached hydrogens (tertiary/aromatic N) is 1. The molecule has 0 aliphatic rings. The largest absolute Gasteiger partial charge is 0.489 e. The molecular weight excluding hydrogens is 473 g/mol. The maximum absolute atomic E-state index is 13.3. The monoisotopic (exact) mass is 493 g/mol. The van der Waals surface area contributed by atoms with Gasteiger partial charge in [-0.25, -0.2) is 13.8 Å². The van der Waals surface area contributed by atoms with Gasteiger partial charge < -0.3 is 19.8 Å². The molecule has 1 amide bonds. The molecule has 35 heavy (non-hydrogen) atoms. The fourth-order valence-electron chi connectivity index (χ4n) is 2.86. The van der Waals surface area contributed by atoms with E-state index in [0.717, 1.165) is 12.1 Å². The predicted molar refractivity (Wildman–Crippen MR) is 117 cm³/mol. The highest BCUT2D eigenvalue weighted by Crippen LogP contribution is 2.32. The van der Waals surface area contributed by atoms with Gasteiger partial charge >= 0.3 is 12.1 Å². The molecule has 0 aliphatic carbocycles. The van der Waals surface area contributed by atoms with Crippen molar-refractivity contribution >= 4 is 11.6 Å². The Morgan fingerprint density at radius 2 is 1.83 bits per heavy atom. The number of aromatic nitrogens is 2. The summed E-state index contributed by atoms with van der Waals surface area (Å²) < 4.78 is 76.4. The van der Waals surface area contributed by atoms with E-state index in [4.69, 9.17) is 9.47 Å². The smallest absolute Gasteiger partial charge is 0.432 e. The first-order chi connectivity index (χ1) is 16.5. The molecule has 0 bridgehead atoms. The second-order valence-electron chi connectivity index (χ2n) is 7.48. The number of carbonyl (C=O) groups is 1. The van der Waals surface area contributed by atoms with Crippen LogP contribution in [0.2, 0.25) is 0 Å². The number of ether oxygens (including phenoxy) is 2. The van der Waals surface area contributed by atoms with E-state index in [1.54, 1.807) is 0 Å². The van der Waals surface area contributed by atoms with Crippen LogP contribution in [0.3, 0.4) is 0 Å². The van der Waals surface area contributed by atoms with Gasteiger partial charge in [0.1, 0.15) is 35.5 Å². The quantitative estimate of drug-likeness (QED) is 0.271. The summed E-state index contributed by atoms with van der Waals surface area (Å²) in [4.78, 5) is 18.3. The Morgan fingerprint density at radius 3 is 2.46 bits per heavy atom. The lowest BCUT2D eigenvalue weighted by atomic mass is 10.1. The van der Waals surface area contributed by atoms with Crippen LogP contribution in [-0.2, 0) is 15.7 Å². The third kappa shape index (κ3) is 7.55. The van der Waals surface area contributed by atoms with E-state index in [-0.39, 0.29) is 47.7 Å². The summed E-state index contributed by atoms with van der Waals surface area (Å²) in [5, 5.41) is 2.48. The van der Waals surface area contributed by atoms with Gasteiger partial charge in [-0.3, -0.25) is 4.79 Å². The van der Waals surface area contributed by atoms with Gasteiger partial charge in [-0.05, 0) is 44.2 Å². The number of rotatable bonds is 7. The van der Waals surface area contributed by atoms with E-state index >= 15 is 0 Å². The summed E-state index contributed by atoms with van der Waals surface area (Å²) in [5.41, 5.74) is -0.745. The van der Waals surface area contributed by atoms with Crippen molar-refractivity contribution in [3.8, 4) is 29.0 Å². The first-order valence-electron chi connectivity index (χ1n) is 10.3. The molecule has 1 aromatic heterocycles. The molecule has 2 aromatic carbocycles. The van der Waals surface area contributed by atoms with Crippen LogP contribution < -0.4 is 10.1 Å². The van der Waals surface area contributed by atoms with Gasteiger partial charge in [-0.2, -0.15) is 13.2 Å². The molecule has 0 saturated heterocycles. The number of anilines is 1. The number of hydrogen-bond donors (Lipinski definition) is 2. The molecule has 0 atom stereocenters. The average molecular weight is 493 g/mol. The average Bonchev–Trinajstić information content (AvgIpc) is 3.26. The number of nitrogens with one attached hydrogen (secondary N) is 2. The molecule has 184 valence electrons. The number of carbonyl (C=O) groups excluding carboxylic acids is 1. The molecule has 0 radical (unpaired) electrons. The SMILES string of the molecule is CC(C)OCCOc1ccc(-c2ncc(C(F)(F)F)[nH]2)cc1NC(=O)C#Cc1cc(F)cc(F)c1. The van der Waals surface area contributed by atoms with Crippen LogP contribution in [0.1, 0.15) is 25.1 Å². The normalized spacial score (nSPS) is 11.2. The summed E-state index contributed by atoms with van der Waals surface area (Å²) in [7, 11) is 0. The van der Waals surface area contributed by atoms with Gasteiger partial charge in [0, 0.05) is 23.1 Å². The Kier molecular flexibility index (Phi) is 8.09. The van der Waals surface area contributed by atoms with Gasteiger partial charge in [0.05, 0.1) is 24.6 Å². The molecular formula is C24H20F5N3O3. The Hall–Kier alpha value is -3.91. The van der Waals surface area contributed by atoms with Gasteiger partial charge in [0.25, 0.3) is 0 Å². The number of amides is 1. The van der Waals surface area contributed by atoms with Crippen molar-refractivity contribution < 1.29 is 36.2 Å². The molecule has 3 aromatic rings. The van der Waals surface area contributed by atoms with Crippen LogP contribution in [0.15, 0.2) is 42.6 Å². The fourth-order valence-corrected chi connectivity index (χ4v) is 2.86. The second kappa shape index (κ2) is 11.0. The minimum absolute atomic E-state index is 0.0233. The maximum atomic E-state index is 13.3. The Balaban J connectivity index is 1.85. The minimum atomic E-state index is -4.60. The lowest BCUT2D eigenvalue weighted by Crippen LogP contribution is -2.14. The van der Waals surface area contributed by atoms with E-state index < -0.39 is 29.4 Å². The summed E-state index contributed by atoms with van der Waals surface area (Å²) in [6.07, 6.45) is -3.97. The first kappa shape index (κ1) is 25.7. The summed E-state index contributed by atoms with van der Waals surface area (Å²) in [6, 6.07) is 6.87. The van der Waals surface area contributed by atoms with Crippen LogP contribution in [-0.4, -0.2) is 35.2 Å². The number of hydrogen-bond acceptors (Lipinski definition) is 4. The topological polar surface area (TPSA) is 76.2 Å². The Labute approximate surface area is 197 Å². The van der Waals surface area contributed by atoms with Crippen LogP contribution in [0, 0.1) is 23.5 Å². The molecule has 3 rings (SSSR count). The highest BCUT2D eigenvalue weighted by Gasteiger charge is 2.33. The molecule has 11 heteroatoms. The molecule has 0 saturated carbocycles. The van der Waals surface area contributed by atoms with Gasteiger partial charge in [0.2, 0.25) is 0 Å². The van der Waals surface area contributed by atoms with Gasteiger partial charge in [-0.15, -0.1) is 0 Å². The minimum Gasteiger partial charge on any atom is -0.489 e. The maximum Gasteiger partial charge on any atom is 0.432 e. The summed E-state index contributed by atoms with van der Waals surface area (Å²) in [6.45, 7) is 4.09. The van der Waals surface area contributed by atoms with Crippen LogP contribution in [0.4, 0.5) is 27.6 Å². The Morgan fingerprint density at radius 1 is 1.11 bits per heavy atom. The third-order valence-corrected chi connectivity index (χ3v) is 4.36. The van der Waals surface area contributed by atoms with Crippen molar-refractivity contribution in [3.05, 3.63) is 65.5 Å². The van der Waals surface area contributed by atoms with Crippen LogP contribution >= 0.6 is 0 Å². The zero-order valence-corrected chi connectivity index (χ0v) is 18.6. The van der Waals surface area contributed by atoms with Crippen molar-refractivity contribution in [2.75, 3.05) is 18.5 Å². The molecule has 0 fully saturated rings. The van der Waals surface area contributed by atoms with Gasteiger partial charge in [0.15, 0.2) is 0 Å². The number of H-pyrrole nitrogens is 1. The molecule has 1 heterocycles. The number of imidazole rings is 1. The number of aromatic amines is 1. The highest BCUT2D eigenvalue weighted by atomic mass is 19.4. The molecule has 2 N–H and O–H groups in total. The van der Waals surface area contributed by atoms with E-state index in [9.17, 15) is 26.7 Å². The van der Waals surface area contributed by atoms with E-state index in [0.29, 0.717) is 12.3 Å². The zero-order chi connectivity index (χ0) is 25.6. The second-order valence-corrected chi connectivity index (χ2v) is 7.48. The van der Waals surface area contributed by atoms with Crippen molar-refractivity contribution in [2.45, 2.75) is 26.1 Å². The van der Waals surface area contributed by atoms with Gasteiger partial charge in [-0.1, -0.05) is 5.92 Å². The first-order valence-corrected chi connectivity index (χ1v) is 10.3. The van der Waals surface area contributed by atoms with Crippen molar-refractivity contribution in [2.24, 2.45) is 0 Å². The van der Waals surface area contributed by atoms with E-state index in [1.165, 1.54) is 18.2 Å². The van der Waals surface area contributed by atoms with Crippen molar-refractivity contribution in [1.29, 1.82) is 0 Å². The van der Waals surface area contributed by atoms with Crippen LogP contribution in [0.25, 0.3) is 11.4 Å².